The molecule has 0 unspecified atom stereocenters. The highest BCUT2D eigenvalue weighted by atomic mass is 32.1. The van der Waals surface area contributed by atoms with Gasteiger partial charge < -0.3 is 5.32 Å². The molecule has 2 aromatic rings. The molecular weight excluding hydrogens is 228 g/mol. The molecule has 0 saturated heterocycles. The SMILES string of the molecule is CNC(C)(C)c1nc(-c2ccc(C)cc2)cs1. The summed E-state index contributed by atoms with van der Waals surface area (Å²) in [6, 6.07) is 8.50. The summed E-state index contributed by atoms with van der Waals surface area (Å²) in [6.07, 6.45) is 0. The highest BCUT2D eigenvalue weighted by molar-refractivity contribution is 7.10. The Morgan fingerprint density at radius 1 is 1.18 bits per heavy atom. The number of thiazole rings is 1. The molecule has 1 aromatic heterocycles. The summed E-state index contributed by atoms with van der Waals surface area (Å²) < 4.78 is 0. The van der Waals surface area contributed by atoms with Crippen LogP contribution >= 0.6 is 11.3 Å². The summed E-state index contributed by atoms with van der Waals surface area (Å²) in [5.41, 5.74) is 3.46. The highest BCUT2D eigenvalue weighted by Gasteiger charge is 2.21. The zero-order chi connectivity index (χ0) is 12.5. The van der Waals surface area contributed by atoms with E-state index < -0.39 is 0 Å². The lowest BCUT2D eigenvalue weighted by atomic mass is 10.1. The van der Waals surface area contributed by atoms with Crippen LogP contribution in [0.25, 0.3) is 11.3 Å². The number of aromatic nitrogens is 1. The van der Waals surface area contributed by atoms with Gasteiger partial charge >= 0.3 is 0 Å². The van der Waals surface area contributed by atoms with Crippen LogP contribution in [0.4, 0.5) is 0 Å². The molecule has 0 radical (unpaired) electrons. The van der Waals surface area contributed by atoms with E-state index in [4.69, 9.17) is 4.98 Å². The van der Waals surface area contributed by atoms with Crippen LogP contribution in [0.2, 0.25) is 0 Å². The minimum absolute atomic E-state index is 0.0619. The summed E-state index contributed by atoms with van der Waals surface area (Å²) in [7, 11) is 1.97. The van der Waals surface area contributed by atoms with Crippen molar-refractivity contribution in [2.75, 3.05) is 7.05 Å². The van der Waals surface area contributed by atoms with Crippen molar-refractivity contribution in [3.05, 3.63) is 40.2 Å². The third kappa shape index (κ3) is 2.56. The normalized spacial score (nSPS) is 11.8. The van der Waals surface area contributed by atoms with Crippen LogP contribution in [0, 0.1) is 6.92 Å². The van der Waals surface area contributed by atoms with Gasteiger partial charge in [0.25, 0.3) is 0 Å². The van der Waals surface area contributed by atoms with E-state index in [1.165, 1.54) is 11.1 Å². The van der Waals surface area contributed by atoms with Crippen molar-refractivity contribution in [3.63, 3.8) is 0 Å². The number of benzene rings is 1. The number of hydrogen-bond acceptors (Lipinski definition) is 3. The summed E-state index contributed by atoms with van der Waals surface area (Å²) in [4.78, 5) is 4.71. The molecule has 2 nitrogen and oxygen atoms in total. The van der Waals surface area contributed by atoms with Gasteiger partial charge in [0.05, 0.1) is 11.2 Å². The smallest absolute Gasteiger partial charge is 0.113 e. The largest absolute Gasteiger partial charge is 0.309 e. The molecule has 0 atom stereocenters. The minimum atomic E-state index is -0.0619. The molecule has 90 valence electrons. The molecular formula is C14H18N2S. The van der Waals surface area contributed by atoms with E-state index in [1.54, 1.807) is 11.3 Å². The zero-order valence-electron chi connectivity index (χ0n) is 10.7. The molecule has 1 N–H and O–H groups in total. The maximum absolute atomic E-state index is 4.71. The third-order valence-electron chi connectivity index (χ3n) is 3.01. The van der Waals surface area contributed by atoms with Crippen molar-refractivity contribution >= 4 is 11.3 Å². The minimum Gasteiger partial charge on any atom is -0.309 e. The molecule has 0 aliphatic rings. The van der Waals surface area contributed by atoms with Gasteiger partial charge in [0.1, 0.15) is 5.01 Å². The summed E-state index contributed by atoms with van der Waals surface area (Å²) in [5, 5.41) is 6.52. The van der Waals surface area contributed by atoms with E-state index >= 15 is 0 Å². The Morgan fingerprint density at radius 2 is 1.82 bits per heavy atom. The number of hydrogen-bond donors (Lipinski definition) is 1. The standard InChI is InChI=1S/C14H18N2S/c1-10-5-7-11(8-6-10)12-9-17-13(16-12)14(2,3)15-4/h5-9,15H,1-4H3. The van der Waals surface area contributed by atoms with E-state index in [9.17, 15) is 0 Å². The molecule has 2 rings (SSSR count). The fourth-order valence-electron chi connectivity index (χ4n) is 1.52. The lowest BCUT2D eigenvalue weighted by molar-refractivity contribution is 0.442. The predicted molar refractivity (Wildman–Crippen MR) is 74.4 cm³/mol. The lowest BCUT2D eigenvalue weighted by Crippen LogP contribution is -2.32. The quantitative estimate of drug-likeness (QED) is 0.895. The molecule has 0 saturated carbocycles. The summed E-state index contributed by atoms with van der Waals surface area (Å²) in [6.45, 7) is 6.38. The Kier molecular flexibility index (Phi) is 3.31. The fourth-order valence-corrected chi connectivity index (χ4v) is 2.48. The van der Waals surface area contributed by atoms with Crippen molar-refractivity contribution in [3.8, 4) is 11.3 Å². The Bertz CT molecular complexity index is 497. The molecule has 0 spiro atoms. The van der Waals surface area contributed by atoms with E-state index in [1.807, 2.05) is 7.05 Å². The van der Waals surface area contributed by atoms with Crippen molar-refractivity contribution in [2.45, 2.75) is 26.3 Å². The maximum atomic E-state index is 4.71. The molecule has 0 aliphatic heterocycles. The summed E-state index contributed by atoms with van der Waals surface area (Å²) >= 11 is 1.71. The van der Waals surface area contributed by atoms with Crippen molar-refractivity contribution in [2.24, 2.45) is 0 Å². The third-order valence-corrected chi connectivity index (χ3v) is 4.18. The molecule has 1 heterocycles. The van der Waals surface area contributed by atoms with Crippen LogP contribution in [0.5, 0.6) is 0 Å². The Labute approximate surface area is 107 Å². The van der Waals surface area contributed by atoms with Gasteiger partial charge in [0, 0.05) is 10.9 Å². The number of nitrogens with zero attached hydrogens (tertiary/aromatic N) is 1. The second-order valence-electron chi connectivity index (χ2n) is 4.78. The summed E-state index contributed by atoms with van der Waals surface area (Å²) in [5.74, 6) is 0. The first-order chi connectivity index (χ1) is 8.03. The van der Waals surface area contributed by atoms with E-state index in [0.29, 0.717) is 0 Å². The number of aryl methyl sites for hydroxylation is 1. The topological polar surface area (TPSA) is 24.9 Å². The first kappa shape index (κ1) is 12.3. The van der Waals surface area contributed by atoms with Gasteiger partial charge in [-0.15, -0.1) is 11.3 Å². The van der Waals surface area contributed by atoms with Crippen LogP contribution in [0.1, 0.15) is 24.4 Å². The van der Waals surface area contributed by atoms with Crippen molar-refractivity contribution in [1.29, 1.82) is 0 Å². The first-order valence-corrected chi connectivity index (χ1v) is 6.63. The molecule has 17 heavy (non-hydrogen) atoms. The van der Waals surface area contributed by atoms with Gasteiger partial charge in [-0.2, -0.15) is 0 Å². The fraction of sp³-hybridized carbons (Fsp3) is 0.357. The molecule has 1 aromatic carbocycles. The molecule has 0 amide bonds. The van der Waals surface area contributed by atoms with Crippen molar-refractivity contribution in [1.82, 2.24) is 10.3 Å². The number of rotatable bonds is 3. The maximum Gasteiger partial charge on any atom is 0.113 e. The number of nitrogens with one attached hydrogen (secondary N) is 1. The van der Waals surface area contributed by atoms with E-state index in [2.05, 4.69) is 55.7 Å². The van der Waals surface area contributed by atoms with Crippen LogP contribution in [-0.2, 0) is 5.54 Å². The highest BCUT2D eigenvalue weighted by Crippen LogP contribution is 2.28. The van der Waals surface area contributed by atoms with Crippen LogP contribution in [0.15, 0.2) is 29.6 Å². The molecule has 3 heteroatoms. The Hall–Kier alpha value is -1.19. The van der Waals surface area contributed by atoms with Gasteiger partial charge in [-0.05, 0) is 27.8 Å². The molecule has 0 bridgehead atoms. The van der Waals surface area contributed by atoms with Gasteiger partial charge in [-0.3, -0.25) is 0 Å². The first-order valence-electron chi connectivity index (χ1n) is 5.75. The van der Waals surface area contributed by atoms with Crippen LogP contribution < -0.4 is 5.32 Å². The zero-order valence-corrected chi connectivity index (χ0v) is 11.6. The average Bonchev–Trinajstić information content (AvgIpc) is 2.80. The Balaban J connectivity index is 2.33. The Morgan fingerprint density at radius 3 is 2.41 bits per heavy atom. The average molecular weight is 246 g/mol. The van der Waals surface area contributed by atoms with E-state index in [-0.39, 0.29) is 5.54 Å². The predicted octanol–water partition coefficient (Wildman–Crippen LogP) is 3.57. The van der Waals surface area contributed by atoms with Gasteiger partial charge in [-0.25, -0.2) is 4.98 Å². The molecule has 0 aliphatic carbocycles. The van der Waals surface area contributed by atoms with Gasteiger partial charge in [0.15, 0.2) is 0 Å². The van der Waals surface area contributed by atoms with E-state index in [0.717, 1.165) is 10.7 Å². The van der Waals surface area contributed by atoms with Gasteiger partial charge in [-0.1, -0.05) is 29.8 Å². The lowest BCUT2D eigenvalue weighted by Gasteiger charge is -2.20. The monoisotopic (exact) mass is 246 g/mol. The molecule has 0 fully saturated rings. The second-order valence-corrected chi connectivity index (χ2v) is 5.64. The van der Waals surface area contributed by atoms with Crippen LogP contribution in [0.3, 0.4) is 0 Å². The van der Waals surface area contributed by atoms with Crippen molar-refractivity contribution < 1.29 is 0 Å². The van der Waals surface area contributed by atoms with Crippen LogP contribution in [-0.4, -0.2) is 12.0 Å². The van der Waals surface area contributed by atoms with Gasteiger partial charge in [0.2, 0.25) is 0 Å². The second kappa shape index (κ2) is 4.59.